The van der Waals surface area contributed by atoms with Gasteiger partial charge >= 0.3 is 0 Å². The third kappa shape index (κ3) is 3.91. The van der Waals surface area contributed by atoms with Crippen molar-refractivity contribution in [1.82, 2.24) is 14.8 Å². The number of halogens is 3. The molecule has 0 aliphatic rings. The summed E-state index contributed by atoms with van der Waals surface area (Å²) in [6.45, 7) is 0. The predicted octanol–water partition coefficient (Wildman–Crippen LogP) is 5.84. The average molecular weight is 429 g/mol. The van der Waals surface area contributed by atoms with Gasteiger partial charge in [-0.15, -0.1) is 10.2 Å². The molecule has 0 bridgehead atoms. The van der Waals surface area contributed by atoms with Crippen LogP contribution in [-0.4, -0.2) is 14.8 Å². The van der Waals surface area contributed by atoms with Crippen LogP contribution in [0.3, 0.4) is 0 Å². The van der Waals surface area contributed by atoms with E-state index < -0.39 is 0 Å². The molecule has 0 atom stereocenters. The van der Waals surface area contributed by atoms with Gasteiger partial charge in [0, 0.05) is 27.9 Å². The highest BCUT2D eigenvalue weighted by Crippen LogP contribution is 2.31. The molecule has 1 aromatic heterocycles. The molecule has 3 aromatic rings. The largest absolute Gasteiger partial charge is 0.305 e. The Bertz CT molecular complexity index is 834. The molecule has 0 aliphatic heterocycles. The third-order valence-corrected chi connectivity index (χ3v) is 5.46. The molecule has 0 radical (unpaired) electrons. The SMILES string of the molecule is Cn1c(SCc2ccc(Br)cc2)nnc1-c1ccc(Cl)cc1Cl. The highest BCUT2D eigenvalue weighted by atomic mass is 79.9. The molecule has 0 amide bonds. The zero-order valence-corrected chi connectivity index (χ0v) is 16.0. The topological polar surface area (TPSA) is 30.7 Å². The maximum absolute atomic E-state index is 6.26. The van der Waals surface area contributed by atoms with Crippen molar-refractivity contribution in [1.29, 1.82) is 0 Å². The van der Waals surface area contributed by atoms with Gasteiger partial charge in [0.05, 0.1) is 5.02 Å². The van der Waals surface area contributed by atoms with Crippen LogP contribution < -0.4 is 0 Å². The van der Waals surface area contributed by atoms with Crippen molar-refractivity contribution in [2.75, 3.05) is 0 Å². The molecule has 0 spiro atoms. The second-order valence-corrected chi connectivity index (χ2v) is 7.61. The summed E-state index contributed by atoms with van der Waals surface area (Å²) in [4.78, 5) is 0. The number of aromatic nitrogens is 3. The van der Waals surface area contributed by atoms with Crippen molar-refractivity contribution < 1.29 is 0 Å². The molecular formula is C16H12BrCl2N3S. The first-order valence-corrected chi connectivity index (χ1v) is 9.30. The minimum atomic E-state index is 0.567. The Labute approximate surface area is 157 Å². The molecule has 0 saturated carbocycles. The normalized spacial score (nSPS) is 11.0. The molecule has 0 N–H and O–H groups in total. The van der Waals surface area contributed by atoms with Crippen molar-refractivity contribution in [3.8, 4) is 11.4 Å². The van der Waals surface area contributed by atoms with Crippen LogP contribution in [0.25, 0.3) is 11.4 Å². The number of hydrogen-bond acceptors (Lipinski definition) is 3. The monoisotopic (exact) mass is 427 g/mol. The molecule has 3 rings (SSSR count). The Morgan fingerprint density at radius 1 is 1.09 bits per heavy atom. The van der Waals surface area contributed by atoms with Crippen LogP contribution in [-0.2, 0) is 12.8 Å². The number of benzene rings is 2. The van der Waals surface area contributed by atoms with Gasteiger partial charge in [0.2, 0.25) is 0 Å². The lowest BCUT2D eigenvalue weighted by Gasteiger charge is -2.06. The number of thioether (sulfide) groups is 1. The van der Waals surface area contributed by atoms with Crippen molar-refractivity contribution >= 4 is 50.9 Å². The Morgan fingerprint density at radius 2 is 1.83 bits per heavy atom. The van der Waals surface area contributed by atoms with E-state index in [-0.39, 0.29) is 0 Å². The zero-order chi connectivity index (χ0) is 16.4. The van der Waals surface area contributed by atoms with Gasteiger partial charge in [-0.25, -0.2) is 0 Å². The van der Waals surface area contributed by atoms with E-state index in [1.54, 1.807) is 23.9 Å². The summed E-state index contributed by atoms with van der Waals surface area (Å²) < 4.78 is 3.02. The Kier molecular flexibility index (Phi) is 5.31. The minimum absolute atomic E-state index is 0.567. The molecule has 0 unspecified atom stereocenters. The van der Waals surface area contributed by atoms with Gasteiger partial charge in [-0.2, -0.15) is 0 Å². The molecule has 0 fully saturated rings. The van der Waals surface area contributed by atoms with E-state index in [1.807, 2.05) is 29.8 Å². The number of hydrogen-bond donors (Lipinski definition) is 0. The molecular weight excluding hydrogens is 417 g/mol. The summed E-state index contributed by atoms with van der Waals surface area (Å²) in [5, 5.41) is 10.5. The van der Waals surface area contributed by atoms with Gasteiger partial charge in [0.1, 0.15) is 0 Å². The molecule has 0 saturated heterocycles. The molecule has 1 heterocycles. The van der Waals surface area contributed by atoms with Gasteiger partial charge in [0.25, 0.3) is 0 Å². The summed E-state index contributed by atoms with van der Waals surface area (Å²) >= 11 is 17.3. The predicted molar refractivity (Wildman–Crippen MR) is 100 cm³/mol. The van der Waals surface area contributed by atoms with Crippen LogP contribution in [0.5, 0.6) is 0 Å². The van der Waals surface area contributed by atoms with Crippen LogP contribution in [0.2, 0.25) is 10.0 Å². The van der Waals surface area contributed by atoms with Crippen molar-refractivity contribution in [2.45, 2.75) is 10.9 Å². The molecule has 3 nitrogen and oxygen atoms in total. The Balaban J connectivity index is 1.80. The molecule has 7 heteroatoms. The maximum Gasteiger partial charge on any atom is 0.191 e. The summed E-state index contributed by atoms with van der Waals surface area (Å²) in [7, 11) is 1.93. The van der Waals surface area contributed by atoms with Gasteiger partial charge in [-0.1, -0.05) is 63.0 Å². The lowest BCUT2D eigenvalue weighted by molar-refractivity contribution is 0.794. The first-order valence-electron chi connectivity index (χ1n) is 6.76. The maximum atomic E-state index is 6.26. The van der Waals surface area contributed by atoms with Crippen LogP contribution >= 0.6 is 50.9 Å². The quantitative estimate of drug-likeness (QED) is 0.488. The fourth-order valence-electron chi connectivity index (χ4n) is 2.07. The van der Waals surface area contributed by atoms with Gasteiger partial charge in [-0.3, -0.25) is 0 Å². The summed E-state index contributed by atoms with van der Waals surface area (Å²) in [6, 6.07) is 13.6. The van der Waals surface area contributed by atoms with E-state index in [0.29, 0.717) is 10.0 Å². The number of rotatable bonds is 4. The van der Waals surface area contributed by atoms with Crippen LogP contribution in [0.1, 0.15) is 5.56 Å². The summed E-state index contributed by atoms with van der Waals surface area (Å²) in [6.07, 6.45) is 0. The molecule has 0 aliphatic carbocycles. The highest BCUT2D eigenvalue weighted by Gasteiger charge is 2.14. The second kappa shape index (κ2) is 7.26. The fourth-order valence-corrected chi connectivity index (χ4v) is 3.70. The van der Waals surface area contributed by atoms with Gasteiger partial charge in [-0.05, 0) is 35.9 Å². The van der Waals surface area contributed by atoms with Crippen molar-refractivity contribution in [2.24, 2.45) is 7.05 Å². The first-order chi connectivity index (χ1) is 11.0. The summed E-state index contributed by atoms with van der Waals surface area (Å²) in [5.74, 6) is 1.55. The molecule has 2 aromatic carbocycles. The van der Waals surface area contributed by atoms with E-state index >= 15 is 0 Å². The summed E-state index contributed by atoms with van der Waals surface area (Å²) in [5.41, 5.74) is 2.05. The first kappa shape index (κ1) is 16.8. The Hall–Kier alpha value is -1.01. The average Bonchev–Trinajstić information content (AvgIpc) is 2.88. The van der Waals surface area contributed by atoms with E-state index in [0.717, 1.165) is 26.8 Å². The van der Waals surface area contributed by atoms with Crippen LogP contribution in [0.15, 0.2) is 52.1 Å². The zero-order valence-electron chi connectivity index (χ0n) is 12.1. The highest BCUT2D eigenvalue weighted by molar-refractivity contribution is 9.10. The lowest BCUT2D eigenvalue weighted by atomic mass is 10.2. The van der Waals surface area contributed by atoms with Gasteiger partial charge < -0.3 is 4.57 Å². The fraction of sp³-hybridized carbons (Fsp3) is 0.125. The standard InChI is InChI=1S/C16H12BrCl2N3S/c1-22-15(13-7-6-12(18)8-14(13)19)20-21-16(22)23-9-10-2-4-11(17)5-3-10/h2-8H,9H2,1H3. The molecule has 118 valence electrons. The molecule has 23 heavy (non-hydrogen) atoms. The van der Waals surface area contributed by atoms with E-state index in [4.69, 9.17) is 23.2 Å². The van der Waals surface area contributed by atoms with Gasteiger partial charge in [0.15, 0.2) is 11.0 Å². The number of nitrogens with zero attached hydrogens (tertiary/aromatic N) is 3. The third-order valence-electron chi connectivity index (χ3n) is 3.29. The van der Waals surface area contributed by atoms with Crippen LogP contribution in [0, 0.1) is 0 Å². The Morgan fingerprint density at radius 3 is 2.52 bits per heavy atom. The van der Waals surface area contributed by atoms with E-state index in [1.165, 1.54) is 5.56 Å². The van der Waals surface area contributed by atoms with Crippen molar-refractivity contribution in [3.05, 3.63) is 62.5 Å². The second-order valence-electron chi connectivity index (χ2n) is 4.90. The smallest absolute Gasteiger partial charge is 0.191 e. The minimum Gasteiger partial charge on any atom is -0.305 e. The van der Waals surface area contributed by atoms with E-state index in [9.17, 15) is 0 Å². The van der Waals surface area contributed by atoms with E-state index in [2.05, 4.69) is 38.3 Å². The van der Waals surface area contributed by atoms with Crippen molar-refractivity contribution in [3.63, 3.8) is 0 Å². The lowest BCUT2D eigenvalue weighted by Crippen LogP contribution is -1.95. The van der Waals surface area contributed by atoms with Crippen LogP contribution in [0.4, 0.5) is 0 Å².